The molecule has 0 saturated heterocycles. The number of carbonyl (C=O) groups is 1. The van der Waals surface area contributed by atoms with Gasteiger partial charge in [0.25, 0.3) is 0 Å². The van der Waals surface area contributed by atoms with Crippen LogP contribution < -0.4 is 10.4 Å². The van der Waals surface area contributed by atoms with Gasteiger partial charge in [0.2, 0.25) is 0 Å². The molecule has 0 spiro atoms. The number of allylic oxidation sites excluding steroid dienone is 1. The lowest BCUT2D eigenvalue weighted by atomic mass is 9.44. The van der Waals surface area contributed by atoms with Crippen molar-refractivity contribution in [2.45, 2.75) is 118 Å². The number of carbonyl (C=O) groups excluding carboxylic acids is 1. The van der Waals surface area contributed by atoms with Gasteiger partial charge in [-0.1, -0.05) is 95.9 Å². The molecule has 3 saturated carbocycles. The number of ether oxygens (including phenoxy) is 2. The van der Waals surface area contributed by atoms with E-state index in [1.165, 1.54) is 69.4 Å². The summed E-state index contributed by atoms with van der Waals surface area (Å²) in [4.78, 5) is 25.4. The Hall–Kier alpha value is -3.34. The summed E-state index contributed by atoms with van der Waals surface area (Å²) in [5, 5.41) is 0.816. The number of hydrogen-bond donors (Lipinski definition) is 0. The molecule has 3 fully saturated rings. The maximum absolute atomic E-state index is 13.0. The average Bonchev–Trinajstić information content (AvgIpc) is 3.09. The molecule has 4 aliphatic rings. The molecule has 0 amide bonds. The van der Waals surface area contributed by atoms with Gasteiger partial charge in [-0.3, -0.25) is 0 Å². The van der Waals surface area contributed by atoms with Crippen molar-refractivity contribution in [2.24, 2.45) is 46.3 Å². The van der Waals surface area contributed by atoms with Gasteiger partial charge in [-0.05, 0) is 121 Å². The molecule has 7 rings (SSSR count). The smallest absolute Gasteiger partial charge is 0.344 e. The molecule has 268 valence electrons. The number of benzene rings is 2. The fourth-order valence-corrected chi connectivity index (χ4v) is 11.1. The van der Waals surface area contributed by atoms with E-state index >= 15 is 0 Å². The highest BCUT2D eigenvalue weighted by Gasteiger charge is 2.56. The van der Waals surface area contributed by atoms with Gasteiger partial charge in [-0.25, -0.2) is 9.59 Å². The van der Waals surface area contributed by atoms with Crippen LogP contribution in [0.25, 0.3) is 22.1 Å². The highest BCUT2D eigenvalue weighted by molar-refractivity contribution is 5.93. The van der Waals surface area contributed by atoms with Crippen molar-refractivity contribution in [1.82, 2.24) is 0 Å². The molecule has 50 heavy (non-hydrogen) atoms. The van der Waals surface area contributed by atoms with Crippen molar-refractivity contribution < 1.29 is 18.7 Å². The fraction of sp³-hybridized carbons (Fsp3) is 0.600. The Balaban J connectivity index is 0.945. The number of hydrogen-bond acceptors (Lipinski definition) is 5. The Kier molecular flexibility index (Phi) is 10.1. The molecule has 5 heteroatoms. The molecular weight excluding hydrogens is 620 g/mol. The van der Waals surface area contributed by atoms with Crippen molar-refractivity contribution in [1.29, 1.82) is 0 Å². The molecule has 4 aliphatic carbocycles. The van der Waals surface area contributed by atoms with Crippen molar-refractivity contribution in [3.8, 4) is 16.9 Å². The minimum absolute atomic E-state index is 0.105. The normalized spacial score (nSPS) is 31.2. The average molecular weight is 679 g/mol. The quantitative estimate of drug-likeness (QED) is 0.121. The van der Waals surface area contributed by atoms with Crippen molar-refractivity contribution in [3.63, 3.8) is 0 Å². The van der Waals surface area contributed by atoms with Crippen LogP contribution in [0.4, 0.5) is 0 Å². The first kappa shape index (κ1) is 35.1. The molecule has 8 atom stereocenters. The first-order chi connectivity index (χ1) is 24.0. The summed E-state index contributed by atoms with van der Waals surface area (Å²) in [5.41, 5.74) is 3.99. The van der Waals surface area contributed by atoms with E-state index in [2.05, 4.69) is 40.7 Å². The molecule has 0 aliphatic heterocycles. The van der Waals surface area contributed by atoms with E-state index in [0.717, 1.165) is 71.3 Å². The van der Waals surface area contributed by atoms with Gasteiger partial charge in [-0.2, -0.15) is 0 Å². The molecular formula is C45H58O5. The predicted molar refractivity (Wildman–Crippen MR) is 201 cm³/mol. The first-order valence-electron chi connectivity index (χ1n) is 19.7. The zero-order valence-corrected chi connectivity index (χ0v) is 31.0. The molecule has 5 nitrogen and oxygen atoms in total. The highest BCUT2D eigenvalue weighted by Crippen LogP contribution is 2.65. The van der Waals surface area contributed by atoms with Crippen LogP contribution in [0, 0.1) is 46.3 Å². The van der Waals surface area contributed by atoms with E-state index in [0.29, 0.717) is 16.7 Å². The monoisotopic (exact) mass is 678 g/mol. The van der Waals surface area contributed by atoms with Crippen molar-refractivity contribution in [3.05, 3.63) is 76.7 Å². The van der Waals surface area contributed by atoms with E-state index < -0.39 is 5.63 Å². The van der Waals surface area contributed by atoms with E-state index in [1.807, 2.05) is 42.5 Å². The molecule has 0 bridgehead atoms. The van der Waals surface area contributed by atoms with Gasteiger partial charge in [0.05, 0.1) is 0 Å². The standard InChI is InChI=1S/C45H58O5/c1-29(2)10-9-11-30(3)32-14-19-39-37-17-15-33-24-35(20-23-45(33,5)40(37)21-22-44(39,4)27-32)49-43(47)28-48-34-16-18-36-38(31-12-7-6-8-13-31)26-42(46)50-41(36)25-34/h6-8,12-13,15-16,18,25-26,29-30,32,35,37,39-40H,9-11,14,17,19-24,27-28H2,1-5H3. The zero-order valence-electron chi connectivity index (χ0n) is 31.0. The van der Waals surface area contributed by atoms with E-state index in [9.17, 15) is 9.59 Å². The largest absolute Gasteiger partial charge is 0.482 e. The first-order valence-corrected chi connectivity index (χ1v) is 19.7. The summed E-state index contributed by atoms with van der Waals surface area (Å²) in [7, 11) is 0. The van der Waals surface area contributed by atoms with E-state index in [-0.39, 0.29) is 24.1 Å². The third kappa shape index (κ3) is 7.08. The second-order valence-electron chi connectivity index (χ2n) is 17.4. The van der Waals surface area contributed by atoms with Crippen LogP contribution in [-0.2, 0) is 9.53 Å². The van der Waals surface area contributed by atoms with E-state index in [1.54, 1.807) is 6.07 Å². The summed E-state index contributed by atoms with van der Waals surface area (Å²) in [6.45, 7) is 12.3. The van der Waals surface area contributed by atoms with Gasteiger partial charge >= 0.3 is 11.6 Å². The Morgan fingerprint density at radius 3 is 2.56 bits per heavy atom. The Labute approximate surface area is 299 Å². The second kappa shape index (κ2) is 14.4. The summed E-state index contributed by atoms with van der Waals surface area (Å²) in [5.74, 6) is 5.07. The lowest BCUT2D eigenvalue weighted by Crippen LogP contribution is -2.52. The Morgan fingerprint density at radius 2 is 1.76 bits per heavy atom. The maximum atomic E-state index is 13.0. The Morgan fingerprint density at radius 1 is 0.940 bits per heavy atom. The maximum Gasteiger partial charge on any atom is 0.344 e. The summed E-state index contributed by atoms with van der Waals surface area (Å²) in [6.07, 6.45) is 17.6. The number of fused-ring (bicyclic) bond motifs is 6. The topological polar surface area (TPSA) is 65.7 Å². The molecule has 0 N–H and O–H groups in total. The van der Waals surface area contributed by atoms with Crippen LogP contribution in [0.5, 0.6) is 5.75 Å². The highest BCUT2D eigenvalue weighted by atomic mass is 16.6. The fourth-order valence-electron chi connectivity index (χ4n) is 11.1. The van der Waals surface area contributed by atoms with Crippen molar-refractivity contribution in [2.75, 3.05) is 6.61 Å². The third-order valence-corrected chi connectivity index (χ3v) is 13.9. The van der Waals surface area contributed by atoms with Gasteiger partial charge in [0.15, 0.2) is 6.61 Å². The lowest BCUT2D eigenvalue weighted by Gasteiger charge is -2.61. The van der Waals surface area contributed by atoms with E-state index in [4.69, 9.17) is 13.9 Å². The van der Waals surface area contributed by atoms with Crippen LogP contribution in [0.15, 0.2) is 75.5 Å². The minimum atomic E-state index is -0.423. The molecule has 1 aromatic heterocycles. The SMILES string of the molecule is CC(C)CCCC(C)C1CCC2C3CC=C4CC(OC(=O)COc5ccc6c(-c7ccccc7)cc(=O)oc6c5)CCC4(C)C3CCC2(C)C1. The van der Waals surface area contributed by atoms with Crippen LogP contribution in [-0.4, -0.2) is 18.7 Å². The number of esters is 1. The zero-order chi connectivity index (χ0) is 35.0. The van der Waals surface area contributed by atoms with Gasteiger partial charge < -0.3 is 13.9 Å². The van der Waals surface area contributed by atoms with Gasteiger partial charge in [-0.15, -0.1) is 0 Å². The molecule has 2 aromatic carbocycles. The Bertz CT molecular complexity index is 1750. The van der Waals surface area contributed by atoms with Crippen LogP contribution in [0.3, 0.4) is 0 Å². The third-order valence-electron chi connectivity index (χ3n) is 13.9. The van der Waals surface area contributed by atoms with Gasteiger partial charge in [0.1, 0.15) is 17.4 Å². The van der Waals surface area contributed by atoms with Crippen LogP contribution in [0.2, 0.25) is 0 Å². The van der Waals surface area contributed by atoms with Crippen LogP contribution in [0.1, 0.15) is 112 Å². The molecule has 8 unspecified atom stereocenters. The summed E-state index contributed by atoms with van der Waals surface area (Å²) >= 11 is 0. The van der Waals surface area contributed by atoms with Gasteiger partial charge in [0, 0.05) is 23.9 Å². The minimum Gasteiger partial charge on any atom is -0.482 e. The second-order valence-corrected chi connectivity index (χ2v) is 17.4. The molecule has 3 aromatic rings. The van der Waals surface area contributed by atoms with Crippen LogP contribution >= 0.6 is 0 Å². The number of rotatable bonds is 10. The van der Waals surface area contributed by atoms with Crippen molar-refractivity contribution >= 4 is 16.9 Å². The molecule has 0 radical (unpaired) electrons. The summed E-state index contributed by atoms with van der Waals surface area (Å²) < 4.78 is 17.4. The molecule has 1 heterocycles. The summed E-state index contributed by atoms with van der Waals surface area (Å²) in [6, 6.07) is 16.7. The predicted octanol–water partition coefficient (Wildman–Crippen LogP) is 11.2. The lowest BCUT2D eigenvalue weighted by molar-refractivity contribution is -0.154.